The van der Waals surface area contributed by atoms with Crippen molar-refractivity contribution in [3.8, 4) is 0 Å². The van der Waals surface area contributed by atoms with Crippen molar-refractivity contribution in [1.82, 2.24) is 14.9 Å². The lowest BCUT2D eigenvalue weighted by Gasteiger charge is -2.36. The lowest BCUT2D eigenvalue weighted by molar-refractivity contribution is -0.132. The molecule has 1 amide bonds. The lowest BCUT2D eigenvalue weighted by Crippen LogP contribution is -2.49. The quantitative estimate of drug-likeness (QED) is 0.916. The minimum Gasteiger partial charge on any atom is -0.382 e. The van der Waals surface area contributed by atoms with Gasteiger partial charge < -0.3 is 15.5 Å². The van der Waals surface area contributed by atoms with Crippen LogP contribution in [0.1, 0.15) is 38.5 Å². The van der Waals surface area contributed by atoms with E-state index < -0.39 is 0 Å². The molecule has 23 heavy (non-hydrogen) atoms. The van der Waals surface area contributed by atoms with Gasteiger partial charge in [-0.25, -0.2) is 9.97 Å². The fourth-order valence-corrected chi connectivity index (χ4v) is 3.75. The van der Waals surface area contributed by atoms with E-state index in [1.165, 1.54) is 38.4 Å². The van der Waals surface area contributed by atoms with Crippen LogP contribution in [-0.2, 0) is 4.79 Å². The minimum atomic E-state index is 0.296. The van der Waals surface area contributed by atoms with Crippen molar-refractivity contribution in [2.75, 3.05) is 36.8 Å². The number of hydrogen-bond acceptors (Lipinski definition) is 5. The van der Waals surface area contributed by atoms with Gasteiger partial charge in [-0.1, -0.05) is 30.9 Å². The summed E-state index contributed by atoms with van der Waals surface area (Å²) in [5.41, 5.74) is 5.73. The molecule has 126 valence electrons. The van der Waals surface area contributed by atoms with Gasteiger partial charge in [0.15, 0.2) is 5.82 Å². The van der Waals surface area contributed by atoms with Crippen LogP contribution in [0.3, 0.4) is 0 Å². The number of piperazine rings is 1. The van der Waals surface area contributed by atoms with E-state index in [-0.39, 0.29) is 0 Å². The number of nitrogens with zero attached hydrogens (tertiary/aromatic N) is 4. The van der Waals surface area contributed by atoms with Gasteiger partial charge in [-0.15, -0.1) is 0 Å². The van der Waals surface area contributed by atoms with Crippen LogP contribution in [-0.4, -0.2) is 47.0 Å². The molecule has 7 heteroatoms. The first kappa shape index (κ1) is 16.3. The number of aromatic nitrogens is 2. The molecule has 1 aliphatic heterocycles. The van der Waals surface area contributed by atoms with Gasteiger partial charge in [0.25, 0.3) is 0 Å². The van der Waals surface area contributed by atoms with Gasteiger partial charge in [-0.3, -0.25) is 4.79 Å². The molecule has 2 heterocycles. The first-order valence-corrected chi connectivity index (χ1v) is 8.81. The molecule has 0 atom stereocenters. The zero-order chi connectivity index (χ0) is 16.2. The van der Waals surface area contributed by atoms with Crippen LogP contribution < -0.4 is 10.6 Å². The van der Waals surface area contributed by atoms with Gasteiger partial charge in [-0.05, 0) is 18.8 Å². The summed E-state index contributed by atoms with van der Waals surface area (Å²) in [5, 5.41) is 0.398. The van der Waals surface area contributed by atoms with Crippen LogP contribution in [0.4, 0.5) is 11.6 Å². The van der Waals surface area contributed by atoms with E-state index in [0.29, 0.717) is 48.0 Å². The van der Waals surface area contributed by atoms with Crippen molar-refractivity contribution in [3.05, 3.63) is 11.3 Å². The van der Waals surface area contributed by atoms with Crippen LogP contribution >= 0.6 is 11.6 Å². The molecule has 0 bridgehead atoms. The second kappa shape index (κ2) is 7.34. The fourth-order valence-electron chi connectivity index (χ4n) is 3.53. The summed E-state index contributed by atoms with van der Waals surface area (Å²) in [5.74, 6) is 1.85. The van der Waals surface area contributed by atoms with E-state index in [4.69, 9.17) is 17.3 Å². The number of carbonyl (C=O) groups excluding carboxylic acids is 1. The van der Waals surface area contributed by atoms with Gasteiger partial charge in [0, 0.05) is 32.6 Å². The van der Waals surface area contributed by atoms with Crippen molar-refractivity contribution in [2.45, 2.75) is 38.5 Å². The maximum atomic E-state index is 12.5. The molecular weight excluding hydrogens is 314 g/mol. The maximum Gasteiger partial charge on any atom is 0.222 e. The summed E-state index contributed by atoms with van der Waals surface area (Å²) in [7, 11) is 0. The third-order valence-electron chi connectivity index (χ3n) is 4.92. The molecule has 0 spiro atoms. The molecule has 1 aromatic heterocycles. The van der Waals surface area contributed by atoms with Crippen molar-refractivity contribution in [3.63, 3.8) is 0 Å². The fraction of sp³-hybridized carbons (Fsp3) is 0.688. The zero-order valence-corrected chi connectivity index (χ0v) is 14.1. The Morgan fingerprint density at radius 2 is 1.87 bits per heavy atom. The zero-order valence-electron chi connectivity index (χ0n) is 13.4. The highest BCUT2D eigenvalue weighted by atomic mass is 35.5. The Kier molecular flexibility index (Phi) is 5.20. The summed E-state index contributed by atoms with van der Waals surface area (Å²) in [4.78, 5) is 24.6. The average Bonchev–Trinajstić information content (AvgIpc) is 2.58. The third kappa shape index (κ3) is 3.86. The number of nitrogen functional groups attached to an aromatic ring is 1. The number of hydrogen-bond donors (Lipinski definition) is 1. The van der Waals surface area contributed by atoms with Gasteiger partial charge in [-0.2, -0.15) is 0 Å². The van der Waals surface area contributed by atoms with E-state index in [1.54, 1.807) is 0 Å². The van der Waals surface area contributed by atoms with E-state index in [1.807, 2.05) is 4.90 Å². The first-order chi connectivity index (χ1) is 11.1. The number of rotatable bonds is 3. The summed E-state index contributed by atoms with van der Waals surface area (Å²) >= 11 is 6.18. The highest BCUT2D eigenvalue weighted by Gasteiger charge is 2.26. The number of anilines is 2. The van der Waals surface area contributed by atoms with Crippen LogP contribution in [0.2, 0.25) is 5.02 Å². The monoisotopic (exact) mass is 337 g/mol. The molecule has 1 saturated carbocycles. The Morgan fingerprint density at radius 1 is 1.17 bits per heavy atom. The minimum absolute atomic E-state index is 0.296. The average molecular weight is 338 g/mol. The van der Waals surface area contributed by atoms with Crippen molar-refractivity contribution in [1.29, 1.82) is 0 Å². The SMILES string of the molecule is Nc1ncnc(N2CCN(C(=O)CC3CCCCC3)CC2)c1Cl. The Morgan fingerprint density at radius 3 is 2.57 bits per heavy atom. The topological polar surface area (TPSA) is 75.3 Å². The second-order valence-corrected chi connectivity index (χ2v) is 6.85. The highest BCUT2D eigenvalue weighted by Crippen LogP contribution is 2.29. The van der Waals surface area contributed by atoms with E-state index in [0.717, 1.165) is 13.1 Å². The van der Waals surface area contributed by atoms with Crippen LogP contribution in [0, 0.1) is 5.92 Å². The Hall–Kier alpha value is -1.56. The molecule has 3 rings (SSSR count). The predicted molar refractivity (Wildman–Crippen MR) is 91.4 cm³/mol. The van der Waals surface area contributed by atoms with Crippen LogP contribution in [0.5, 0.6) is 0 Å². The largest absolute Gasteiger partial charge is 0.382 e. The molecule has 1 aliphatic carbocycles. The van der Waals surface area contributed by atoms with Gasteiger partial charge in [0.1, 0.15) is 17.2 Å². The number of carbonyl (C=O) groups is 1. The molecule has 0 aromatic carbocycles. The lowest BCUT2D eigenvalue weighted by atomic mass is 9.86. The smallest absolute Gasteiger partial charge is 0.222 e. The maximum absolute atomic E-state index is 12.5. The first-order valence-electron chi connectivity index (χ1n) is 8.44. The molecule has 2 fully saturated rings. The predicted octanol–water partition coefficient (Wildman–Crippen LogP) is 2.33. The molecule has 0 unspecified atom stereocenters. The van der Waals surface area contributed by atoms with E-state index >= 15 is 0 Å². The summed E-state index contributed by atoms with van der Waals surface area (Å²) in [6, 6.07) is 0. The summed E-state index contributed by atoms with van der Waals surface area (Å²) in [6.07, 6.45) is 8.44. The molecule has 1 aromatic rings. The third-order valence-corrected chi connectivity index (χ3v) is 5.28. The van der Waals surface area contributed by atoms with Crippen LogP contribution in [0.15, 0.2) is 6.33 Å². The van der Waals surface area contributed by atoms with E-state index in [9.17, 15) is 4.79 Å². The Labute approximate surface area is 142 Å². The second-order valence-electron chi connectivity index (χ2n) is 6.47. The molecule has 2 N–H and O–H groups in total. The van der Waals surface area contributed by atoms with Crippen molar-refractivity contribution >= 4 is 29.1 Å². The molecule has 1 saturated heterocycles. The standard InChI is InChI=1S/C16H24ClN5O/c17-14-15(18)19-11-20-16(14)22-8-6-21(7-9-22)13(23)10-12-4-2-1-3-5-12/h11-12H,1-10H2,(H2,18,19,20). The van der Waals surface area contributed by atoms with Crippen LogP contribution in [0.25, 0.3) is 0 Å². The van der Waals surface area contributed by atoms with Gasteiger partial charge in [0.05, 0.1) is 0 Å². The summed E-state index contributed by atoms with van der Waals surface area (Å²) < 4.78 is 0. The summed E-state index contributed by atoms with van der Waals surface area (Å²) in [6.45, 7) is 2.89. The normalized spacial score (nSPS) is 19.9. The number of halogens is 1. The molecule has 0 radical (unpaired) electrons. The Balaban J connectivity index is 1.53. The van der Waals surface area contributed by atoms with Gasteiger partial charge in [0.2, 0.25) is 5.91 Å². The van der Waals surface area contributed by atoms with Crippen molar-refractivity contribution < 1.29 is 4.79 Å². The molecule has 2 aliphatic rings. The highest BCUT2D eigenvalue weighted by molar-refractivity contribution is 6.35. The Bertz CT molecular complexity index is 553. The van der Waals surface area contributed by atoms with Gasteiger partial charge >= 0.3 is 0 Å². The number of nitrogens with two attached hydrogens (primary N) is 1. The molecule has 6 nitrogen and oxygen atoms in total. The van der Waals surface area contributed by atoms with E-state index in [2.05, 4.69) is 14.9 Å². The van der Waals surface area contributed by atoms with Crippen molar-refractivity contribution in [2.24, 2.45) is 5.92 Å². The molecular formula is C16H24ClN5O. The number of amides is 1.